The van der Waals surface area contributed by atoms with E-state index in [1.807, 2.05) is 24.3 Å². The Kier molecular flexibility index (Phi) is 6.62. The third-order valence-electron chi connectivity index (χ3n) is 10.7. The van der Waals surface area contributed by atoms with Gasteiger partial charge in [0.1, 0.15) is 16.8 Å². The van der Waals surface area contributed by atoms with E-state index in [0.717, 1.165) is 44.8 Å². The predicted octanol–water partition coefficient (Wildman–Crippen LogP) is 11.8. The van der Waals surface area contributed by atoms with Crippen LogP contribution in [0.1, 0.15) is 39.1 Å². The van der Waals surface area contributed by atoms with Gasteiger partial charge < -0.3 is 4.42 Å². The lowest BCUT2D eigenvalue weighted by Crippen LogP contribution is -2.25. The Hall–Kier alpha value is -6.58. The van der Waals surface area contributed by atoms with Crippen molar-refractivity contribution in [2.45, 2.75) is 12.0 Å². The molecule has 1 aromatic heterocycles. The summed E-state index contributed by atoms with van der Waals surface area (Å²) in [4.78, 5) is 9.74. The van der Waals surface area contributed by atoms with Crippen LogP contribution in [0.5, 0.6) is 0 Å². The number of hydrogen-bond acceptors (Lipinski definition) is 3. The maximum absolute atomic E-state index is 6.92. The Morgan fingerprint density at radius 1 is 0.569 bits per heavy atom. The smallest absolute Gasteiger partial charge is 0.135 e. The highest BCUT2D eigenvalue weighted by Crippen LogP contribution is 2.64. The molecule has 7 aromatic carbocycles. The van der Waals surface area contributed by atoms with Gasteiger partial charge >= 0.3 is 0 Å². The summed E-state index contributed by atoms with van der Waals surface area (Å²) in [5.41, 5.74) is 16.2. The molecule has 8 aromatic rings. The fraction of sp³-hybridized carbons (Fsp3) is 0.0417. The van der Waals surface area contributed by atoms with Crippen molar-refractivity contribution in [3.05, 3.63) is 209 Å². The minimum Gasteiger partial charge on any atom is -0.459 e. The van der Waals surface area contributed by atoms with E-state index in [-0.39, 0.29) is 0 Å². The third kappa shape index (κ3) is 4.31. The van der Waals surface area contributed by atoms with Crippen molar-refractivity contribution in [2.75, 3.05) is 0 Å². The van der Waals surface area contributed by atoms with E-state index in [9.17, 15) is 0 Å². The first kappa shape index (κ1) is 29.3. The Balaban J connectivity index is 1.14. The van der Waals surface area contributed by atoms with E-state index in [4.69, 9.17) is 9.41 Å². The van der Waals surface area contributed by atoms with Crippen LogP contribution in [0.15, 0.2) is 184 Å². The zero-order valence-electron chi connectivity index (χ0n) is 27.9. The van der Waals surface area contributed by atoms with Gasteiger partial charge in [-0.05, 0) is 68.9 Å². The predicted molar refractivity (Wildman–Crippen MR) is 209 cm³/mol. The van der Waals surface area contributed by atoms with Gasteiger partial charge in [-0.3, -0.25) is 9.98 Å². The monoisotopic (exact) mass is 652 g/mol. The molecular formula is C48H32N2O. The lowest BCUT2D eigenvalue weighted by atomic mass is 9.73. The minimum atomic E-state index is -0.563. The van der Waals surface area contributed by atoms with Crippen LogP contribution < -0.4 is 0 Å². The Morgan fingerprint density at radius 2 is 1.22 bits per heavy atom. The van der Waals surface area contributed by atoms with Gasteiger partial charge in [-0.1, -0.05) is 158 Å². The molecule has 240 valence electrons. The summed E-state index contributed by atoms with van der Waals surface area (Å²) in [6.45, 7) is 4.37. The molecule has 0 aliphatic heterocycles. The molecule has 1 atom stereocenters. The maximum Gasteiger partial charge on any atom is 0.135 e. The first-order valence-electron chi connectivity index (χ1n) is 17.4. The summed E-state index contributed by atoms with van der Waals surface area (Å²) in [5.74, 6) is 1.00. The number of benzene rings is 7. The molecule has 0 saturated carbocycles. The van der Waals surface area contributed by atoms with Gasteiger partial charge in [-0.15, -0.1) is 0 Å². The highest BCUT2D eigenvalue weighted by atomic mass is 16.3. The molecule has 2 aliphatic rings. The highest BCUT2D eigenvalue weighted by molar-refractivity contribution is 6.16. The SMILES string of the molecule is C=Nc1ccccc1C(=NCc1ccc2c(c1)C1(c3ccccc3-2)c2ccccc2-c2c1oc1ccccc21)c1ccc(-c2ccccc2)cc1. The van der Waals surface area contributed by atoms with Crippen LogP contribution in [0.25, 0.3) is 44.3 Å². The summed E-state index contributed by atoms with van der Waals surface area (Å²) < 4.78 is 6.92. The number of rotatable bonds is 6. The first-order chi connectivity index (χ1) is 25.3. The molecule has 3 heteroatoms. The summed E-state index contributed by atoms with van der Waals surface area (Å²) >= 11 is 0. The molecule has 2 aliphatic carbocycles. The number of para-hydroxylation sites is 2. The normalized spacial score (nSPS) is 15.4. The molecule has 1 heterocycles. The number of aliphatic imine (C=N–C) groups is 2. The number of fused-ring (bicyclic) bond motifs is 12. The quantitative estimate of drug-likeness (QED) is 0.165. The molecule has 10 rings (SSSR count). The Bertz CT molecular complexity index is 2680. The molecule has 0 bridgehead atoms. The maximum atomic E-state index is 6.92. The fourth-order valence-corrected chi connectivity index (χ4v) is 8.45. The van der Waals surface area contributed by atoms with Gasteiger partial charge in [0.15, 0.2) is 0 Å². The second-order valence-corrected chi connectivity index (χ2v) is 13.3. The van der Waals surface area contributed by atoms with Crippen molar-refractivity contribution >= 4 is 29.1 Å². The van der Waals surface area contributed by atoms with Gasteiger partial charge in [0.05, 0.1) is 17.9 Å². The van der Waals surface area contributed by atoms with Gasteiger partial charge in [0, 0.05) is 22.1 Å². The van der Waals surface area contributed by atoms with Gasteiger partial charge in [-0.2, -0.15) is 0 Å². The van der Waals surface area contributed by atoms with Gasteiger partial charge in [0.2, 0.25) is 0 Å². The topological polar surface area (TPSA) is 37.9 Å². The van der Waals surface area contributed by atoms with Crippen LogP contribution in [0.3, 0.4) is 0 Å². The standard InChI is InChI=1S/C48H32N2O/c1-49-43-21-11-7-17-38(43)46(34-26-24-33(25-27-34)32-13-3-2-4-14-32)50-30-31-23-28-36-35-15-5-9-19-40(35)48(42(36)29-31)41-20-10-6-16-37(41)45-39-18-8-12-22-44(39)51-47(45)48/h2-29H,1,30H2. The number of hydrogen-bond donors (Lipinski definition) is 0. The Morgan fingerprint density at radius 3 is 2.04 bits per heavy atom. The zero-order chi connectivity index (χ0) is 33.9. The summed E-state index contributed by atoms with van der Waals surface area (Å²) in [7, 11) is 0. The molecule has 0 N–H and O–H groups in total. The third-order valence-corrected chi connectivity index (χ3v) is 10.7. The molecule has 3 nitrogen and oxygen atoms in total. The van der Waals surface area contributed by atoms with Crippen LogP contribution in [0.4, 0.5) is 5.69 Å². The number of furan rings is 1. The molecule has 0 fully saturated rings. The summed E-state index contributed by atoms with van der Waals surface area (Å²) in [6.07, 6.45) is 0. The molecular weight excluding hydrogens is 621 g/mol. The minimum absolute atomic E-state index is 0.496. The van der Waals surface area contributed by atoms with Crippen LogP contribution >= 0.6 is 0 Å². The second-order valence-electron chi connectivity index (χ2n) is 13.3. The second kappa shape index (κ2) is 11.5. The van der Waals surface area contributed by atoms with E-state index in [1.54, 1.807) is 0 Å². The zero-order valence-corrected chi connectivity index (χ0v) is 27.9. The average Bonchev–Trinajstić information content (AvgIpc) is 3.82. The fourth-order valence-electron chi connectivity index (χ4n) is 8.45. The summed E-state index contributed by atoms with van der Waals surface area (Å²) in [5, 5.41) is 1.15. The van der Waals surface area contributed by atoms with E-state index in [2.05, 4.69) is 157 Å². The van der Waals surface area contributed by atoms with Crippen molar-refractivity contribution < 1.29 is 4.42 Å². The van der Waals surface area contributed by atoms with Crippen LogP contribution in [-0.4, -0.2) is 12.4 Å². The molecule has 1 unspecified atom stereocenters. The lowest BCUT2D eigenvalue weighted by Gasteiger charge is -2.28. The van der Waals surface area contributed by atoms with E-state index >= 15 is 0 Å². The Labute approximate surface area is 296 Å². The number of nitrogens with zero attached hydrogens (tertiary/aromatic N) is 2. The van der Waals surface area contributed by atoms with Crippen LogP contribution in [0, 0.1) is 0 Å². The van der Waals surface area contributed by atoms with Gasteiger partial charge in [-0.25, -0.2) is 0 Å². The van der Waals surface area contributed by atoms with E-state index < -0.39 is 5.41 Å². The van der Waals surface area contributed by atoms with Crippen molar-refractivity contribution in [2.24, 2.45) is 9.98 Å². The highest BCUT2D eigenvalue weighted by Gasteiger charge is 2.54. The molecule has 0 saturated heterocycles. The van der Waals surface area contributed by atoms with Crippen molar-refractivity contribution in [3.8, 4) is 33.4 Å². The lowest BCUT2D eigenvalue weighted by molar-refractivity contribution is 0.506. The van der Waals surface area contributed by atoms with Crippen LogP contribution in [-0.2, 0) is 12.0 Å². The van der Waals surface area contributed by atoms with Gasteiger partial charge in [0.25, 0.3) is 0 Å². The van der Waals surface area contributed by atoms with E-state index in [0.29, 0.717) is 6.54 Å². The molecule has 0 amide bonds. The average molecular weight is 653 g/mol. The van der Waals surface area contributed by atoms with Crippen molar-refractivity contribution in [3.63, 3.8) is 0 Å². The molecule has 1 spiro atoms. The first-order valence-corrected chi connectivity index (χ1v) is 17.4. The molecule has 51 heavy (non-hydrogen) atoms. The van der Waals surface area contributed by atoms with Crippen molar-refractivity contribution in [1.82, 2.24) is 0 Å². The largest absolute Gasteiger partial charge is 0.459 e. The summed E-state index contributed by atoms with van der Waals surface area (Å²) in [6, 6.07) is 60.2. The van der Waals surface area contributed by atoms with Crippen molar-refractivity contribution in [1.29, 1.82) is 0 Å². The van der Waals surface area contributed by atoms with E-state index in [1.165, 1.54) is 50.1 Å². The molecule has 0 radical (unpaired) electrons. The van der Waals surface area contributed by atoms with Crippen LogP contribution in [0.2, 0.25) is 0 Å².